The molecule has 0 aliphatic heterocycles. The first-order valence-corrected chi connectivity index (χ1v) is 6.94. The SMILES string of the molecule is CCC(=O)N[C@@](Nc1ccc(OC(F)(F)F)cc1)(C(=O)OC)C(F)(F)F. The van der Waals surface area contributed by atoms with E-state index in [0.717, 1.165) is 24.3 Å². The maximum atomic E-state index is 13.5. The Balaban J connectivity index is 3.23. The molecule has 146 valence electrons. The summed E-state index contributed by atoms with van der Waals surface area (Å²) in [6, 6.07) is 3.08. The van der Waals surface area contributed by atoms with E-state index in [9.17, 15) is 35.9 Å². The summed E-state index contributed by atoms with van der Waals surface area (Å²) in [4.78, 5) is 23.3. The Morgan fingerprint density at radius 3 is 1.96 bits per heavy atom. The normalized spacial score (nSPS) is 14.2. The Morgan fingerprint density at radius 1 is 1.04 bits per heavy atom. The van der Waals surface area contributed by atoms with Crippen molar-refractivity contribution in [3.8, 4) is 5.75 Å². The van der Waals surface area contributed by atoms with Gasteiger partial charge in [-0.2, -0.15) is 13.2 Å². The van der Waals surface area contributed by atoms with Crippen molar-refractivity contribution in [3.63, 3.8) is 0 Å². The van der Waals surface area contributed by atoms with Crippen molar-refractivity contribution in [1.82, 2.24) is 5.32 Å². The van der Waals surface area contributed by atoms with Crippen molar-refractivity contribution in [2.45, 2.75) is 31.5 Å². The molecule has 1 aromatic carbocycles. The van der Waals surface area contributed by atoms with E-state index in [1.165, 1.54) is 12.2 Å². The van der Waals surface area contributed by atoms with Crippen LogP contribution in [0.3, 0.4) is 0 Å². The largest absolute Gasteiger partial charge is 0.573 e. The van der Waals surface area contributed by atoms with E-state index >= 15 is 0 Å². The standard InChI is InChI=1S/C14H14F6N2O4/c1-3-10(23)22-12(11(24)25-2,13(15,16)17)21-8-4-6-9(7-5-8)26-14(18,19)20/h4-7,21H,3H2,1-2H3,(H,22,23)/t12-/m0/s1. The number of alkyl halides is 6. The molecule has 1 rings (SSSR count). The highest BCUT2D eigenvalue weighted by atomic mass is 19.4. The molecule has 0 aliphatic rings. The third kappa shape index (κ3) is 5.17. The summed E-state index contributed by atoms with van der Waals surface area (Å²) in [5.41, 5.74) is -4.04. The molecule has 0 aliphatic carbocycles. The highest BCUT2D eigenvalue weighted by Gasteiger charge is 2.63. The zero-order chi connectivity index (χ0) is 20.2. The number of halogens is 6. The first-order valence-electron chi connectivity index (χ1n) is 6.94. The molecule has 2 N–H and O–H groups in total. The van der Waals surface area contributed by atoms with E-state index in [4.69, 9.17) is 0 Å². The fourth-order valence-electron chi connectivity index (χ4n) is 1.80. The van der Waals surface area contributed by atoms with Crippen molar-refractivity contribution in [3.05, 3.63) is 24.3 Å². The minimum Gasteiger partial charge on any atom is -0.466 e. The highest BCUT2D eigenvalue weighted by Crippen LogP contribution is 2.34. The van der Waals surface area contributed by atoms with Crippen molar-refractivity contribution < 1.29 is 45.4 Å². The Labute approximate surface area is 143 Å². The quantitative estimate of drug-likeness (QED) is 0.445. The lowest BCUT2D eigenvalue weighted by Gasteiger charge is -2.35. The Kier molecular flexibility index (Phi) is 6.34. The number of benzene rings is 1. The molecule has 1 amide bonds. The number of nitrogens with one attached hydrogen (secondary N) is 2. The Bertz CT molecular complexity index is 644. The molecule has 0 spiro atoms. The molecule has 0 aromatic heterocycles. The Morgan fingerprint density at radius 2 is 1.58 bits per heavy atom. The van der Waals surface area contributed by atoms with Crippen molar-refractivity contribution >= 4 is 17.6 Å². The van der Waals surface area contributed by atoms with Crippen LogP contribution in [0.5, 0.6) is 5.75 Å². The van der Waals surface area contributed by atoms with E-state index < -0.39 is 41.5 Å². The molecular weight excluding hydrogens is 374 g/mol. The predicted octanol–water partition coefficient (Wildman–Crippen LogP) is 2.95. The van der Waals surface area contributed by atoms with E-state index in [0.29, 0.717) is 7.11 Å². The van der Waals surface area contributed by atoms with Crippen molar-refractivity contribution in [1.29, 1.82) is 0 Å². The van der Waals surface area contributed by atoms with Gasteiger partial charge in [0.25, 0.3) is 0 Å². The summed E-state index contributed by atoms with van der Waals surface area (Å²) in [6.45, 7) is 1.26. The lowest BCUT2D eigenvalue weighted by molar-refractivity contribution is -0.274. The van der Waals surface area contributed by atoms with Gasteiger partial charge in [-0.1, -0.05) is 6.92 Å². The minimum absolute atomic E-state index is 0.366. The van der Waals surface area contributed by atoms with Gasteiger partial charge in [0, 0.05) is 12.1 Å². The van der Waals surface area contributed by atoms with Crippen LogP contribution < -0.4 is 15.4 Å². The zero-order valence-corrected chi connectivity index (χ0v) is 13.4. The second-order valence-electron chi connectivity index (χ2n) is 4.84. The summed E-state index contributed by atoms with van der Waals surface area (Å²) in [6.07, 6.45) is -10.7. The van der Waals surface area contributed by atoms with Gasteiger partial charge in [0.05, 0.1) is 7.11 Å². The number of anilines is 1. The van der Waals surface area contributed by atoms with Crippen molar-refractivity contribution in [2.24, 2.45) is 0 Å². The van der Waals surface area contributed by atoms with Gasteiger partial charge in [0.2, 0.25) is 5.91 Å². The van der Waals surface area contributed by atoms with E-state index in [2.05, 4.69) is 9.47 Å². The third-order valence-electron chi connectivity index (χ3n) is 2.98. The van der Waals surface area contributed by atoms with Gasteiger partial charge in [0.1, 0.15) is 5.75 Å². The van der Waals surface area contributed by atoms with Crippen LogP contribution in [0, 0.1) is 0 Å². The smallest absolute Gasteiger partial charge is 0.466 e. The van der Waals surface area contributed by atoms with Crippen LogP contribution in [-0.4, -0.2) is 37.2 Å². The average molecular weight is 388 g/mol. The second kappa shape index (κ2) is 7.70. The topological polar surface area (TPSA) is 76.7 Å². The number of hydrogen-bond acceptors (Lipinski definition) is 5. The molecule has 1 atom stereocenters. The van der Waals surface area contributed by atoms with Crippen molar-refractivity contribution in [2.75, 3.05) is 12.4 Å². The fourth-order valence-corrected chi connectivity index (χ4v) is 1.80. The van der Waals surface area contributed by atoms with Crippen LogP contribution in [0.1, 0.15) is 13.3 Å². The van der Waals surface area contributed by atoms with Gasteiger partial charge in [0.15, 0.2) is 0 Å². The minimum atomic E-state index is -5.33. The lowest BCUT2D eigenvalue weighted by Crippen LogP contribution is -2.69. The summed E-state index contributed by atoms with van der Waals surface area (Å²) in [5.74, 6) is -3.66. The van der Waals surface area contributed by atoms with E-state index in [1.54, 1.807) is 5.32 Å². The van der Waals surface area contributed by atoms with Gasteiger partial charge in [-0.05, 0) is 24.3 Å². The predicted molar refractivity (Wildman–Crippen MR) is 76.0 cm³/mol. The maximum absolute atomic E-state index is 13.5. The van der Waals surface area contributed by atoms with Crippen LogP contribution in [0.15, 0.2) is 24.3 Å². The lowest BCUT2D eigenvalue weighted by atomic mass is 10.1. The zero-order valence-electron chi connectivity index (χ0n) is 13.4. The number of rotatable bonds is 6. The van der Waals surface area contributed by atoms with E-state index in [1.807, 2.05) is 0 Å². The number of ether oxygens (including phenoxy) is 2. The number of hydrogen-bond donors (Lipinski definition) is 2. The van der Waals surface area contributed by atoms with Crippen LogP contribution >= 0.6 is 0 Å². The van der Waals surface area contributed by atoms with Gasteiger partial charge in [-0.15, -0.1) is 13.2 Å². The summed E-state index contributed by atoms with van der Waals surface area (Å²) in [5, 5.41) is 3.28. The molecule has 0 fully saturated rings. The molecule has 0 saturated carbocycles. The number of amides is 1. The average Bonchev–Trinajstić information content (AvgIpc) is 2.52. The molecule has 26 heavy (non-hydrogen) atoms. The molecule has 0 heterocycles. The monoisotopic (exact) mass is 388 g/mol. The first kappa shape index (κ1) is 21.4. The highest BCUT2D eigenvalue weighted by molar-refractivity contribution is 5.91. The van der Waals surface area contributed by atoms with Gasteiger partial charge in [-0.25, -0.2) is 4.79 Å². The summed E-state index contributed by atoms with van der Waals surface area (Å²) < 4.78 is 84.7. The molecule has 6 nitrogen and oxygen atoms in total. The summed E-state index contributed by atoms with van der Waals surface area (Å²) >= 11 is 0. The van der Waals surface area contributed by atoms with Crippen LogP contribution in [-0.2, 0) is 14.3 Å². The number of esters is 1. The number of carbonyl (C=O) groups excluding carboxylic acids is 2. The third-order valence-corrected chi connectivity index (χ3v) is 2.98. The number of carbonyl (C=O) groups is 2. The van der Waals surface area contributed by atoms with Crippen LogP contribution in [0.25, 0.3) is 0 Å². The fraction of sp³-hybridized carbons (Fsp3) is 0.429. The number of methoxy groups -OCH3 is 1. The van der Waals surface area contributed by atoms with Crippen LogP contribution in [0.4, 0.5) is 32.0 Å². The molecule has 0 saturated heterocycles. The molecule has 12 heteroatoms. The first-order chi connectivity index (χ1) is 11.8. The van der Waals surface area contributed by atoms with E-state index in [-0.39, 0.29) is 6.42 Å². The second-order valence-corrected chi connectivity index (χ2v) is 4.84. The molecule has 0 bridgehead atoms. The Hall–Kier alpha value is -2.66. The molecule has 0 radical (unpaired) electrons. The van der Waals surface area contributed by atoms with Gasteiger partial charge in [-0.3, -0.25) is 4.79 Å². The van der Waals surface area contributed by atoms with Gasteiger partial charge < -0.3 is 20.1 Å². The van der Waals surface area contributed by atoms with Gasteiger partial charge >= 0.3 is 24.2 Å². The van der Waals surface area contributed by atoms with Crippen LogP contribution in [0.2, 0.25) is 0 Å². The molecule has 0 unspecified atom stereocenters. The molecular formula is C14H14F6N2O4. The maximum Gasteiger partial charge on any atom is 0.573 e. The molecule has 1 aromatic rings. The summed E-state index contributed by atoms with van der Waals surface area (Å²) in [7, 11) is 0.683.